The maximum Gasteiger partial charge on any atom is 0.243 e. The smallest absolute Gasteiger partial charge is 0.243 e. The van der Waals surface area contributed by atoms with E-state index >= 15 is 0 Å². The van der Waals surface area contributed by atoms with Crippen molar-refractivity contribution in [2.24, 2.45) is 5.73 Å². The highest BCUT2D eigenvalue weighted by Crippen LogP contribution is 2.25. The van der Waals surface area contributed by atoms with Gasteiger partial charge in [-0.1, -0.05) is 12.5 Å². The Labute approximate surface area is 127 Å². The number of hydrogen-bond acceptors (Lipinski definition) is 3. The van der Waals surface area contributed by atoms with Crippen LogP contribution in [0.1, 0.15) is 30.4 Å². The Bertz CT molecular complexity index is 560. The summed E-state index contributed by atoms with van der Waals surface area (Å²) in [4.78, 5) is 0.385. The minimum Gasteiger partial charge on any atom is -0.329 e. The van der Waals surface area contributed by atoms with E-state index in [4.69, 9.17) is 5.73 Å². The van der Waals surface area contributed by atoms with Crippen molar-refractivity contribution in [2.75, 3.05) is 13.1 Å². The Morgan fingerprint density at radius 3 is 2.55 bits per heavy atom. The highest BCUT2D eigenvalue weighted by Gasteiger charge is 2.32. The summed E-state index contributed by atoms with van der Waals surface area (Å²) in [6.45, 7) is 4.89. The molecule has 0 bridgehead atoms. The minimum absolute atomic E-state index is 0. The molecule has 0 aliphatic carbocycles. The summed E-state index contributed by atoms with van der Waals surface area (Å²) in [6, 6.07) is 5.26. The molecular formula is C14H23ClN2O2S. The second-order valence-corrected chi connectivity index (χ2v) is 7.14. The molecule has 20 heavy (non-hydrogen) atoms. The molecule has 1 saturated heterocycles. The fraction of sp³-hybridized carbons (Fsp3) is 0.571. The zero-order chi connectivity index (χ0) is 14.0. The molecule has 114 valence electrons. The summed E-state index contributed by atoms with van der Waals surface area (Å²) in [5, 5.41) is 0. The topological polar surface area (TPSA) is 63.4 Å². The van der Waals surface area contributed by atoms with Crippen molar-refractivity contribution in [3.63, 3.8) is 0 Å². The number of rotatable bonds is 3. The minimum atomic E-state index is -3.41. The molecule has 6 heteroatoms. The standard InChI is InChI=1S/C14H22N2O2S.ClH/c1-11-6-7-14(9-12(11)2)19(17,18)16-8-4-3-5-13(16)10-15;/h6-7,9,13H,3-5,8,10,15H2,1-2H3;1H. The summed E-state index contributed by atoms with van der Waals surface area (Å²) >= 11 is 0. The second kappa shape index (κ2) is 6.89. The summed E-state index contributed by atoms with van der Waals surface area (Å²) in [6.07, 6.45) is 2.84. The van der Waals surface area contributed by atoms with E-state index in [0.29, 0.717) is 18.0 Å². The quantitative estimate of drug-likeness (QED) is 0.929. The lowest BCUT2D eigenvalue weighted by Crippen LogP contribution is -2.47. The van der Waals surface area contributed by atoms with E-state index in [1.165, 1.54) is 0 Å². The molecule has 2 rings (SSSR count). The Morgan fingerprint density at radius 2 is 1.95 bits per heavy atom. The first-order valence-electron chi connectivity index (χ1n) is 6.76. The molecule has 1 aliphatic heterocycles. The number of aryl methyl sites for hydroxylation is 2. The van der Waals surface area contributed by atoms with Gasteiger partial charge in [0.1, 0.15) is 0 Å². The van der Waals surface area contributed by atoms with Crippen LogP contribution in [0.4, 0.5) is 0 Å². The Kier molecular flexibility index (Phi) is 6.01. The Balaban J connectivity index is 0.00000200. The van der Waals surface area contributed by atoms with Crippen LogP contribution in [0.15, 0.2) is 23.1 Å². The lowest BCUT2D eigenvalue weighted by Gasteiger charge is -2.34. The maximum absolute atomic E-state index is 12.7. The van der Waals surface area contributed by atoms with Crippen LogP contribution in [-0.4, -0.2) is 31.9 Å². The molecule has 1 fully saturated rings. The van der Waals surface area contributed by atoms with Gasteiger partial charge in [-0.05, 0) is 49.9 Å². The van der Waals surface area contributed by atoms with Gasteiger partial charge in [-0.3, -0.25) is 0 Å². The van der Waals surface area contributed by atoms with Crippen LogP contribution in [0.2, 0.25) is 0 Å². The van der Waals surface area contributed by atoms with E-state index < -0.39 is 10.0 Å². The molecule has 0 aromatic heterocycles. The number of benzene rings is 1. The molecule has 1 atom stereocenters. The molecule has 2 N–H and O–H groups in total. The van der Waals surface area contributed by atoms with Crippen LogP contribution in [0.25, 0.3) is 0 Å². The number of piperidine rings is 1. The first kappa shape index (κ1) is 17.4. The van der Waals surface area contributed by atoms with E-state index in [9.17, 15) is 8.42 Å². The van der Waals surface area contributed by atoms with Crippen LogP contribution in [-0.2, 0) is 10.0 Å². The average molecular weight is 319 g/mol. The number of sulfonamides is 1. The Hall–Kier alpha value is -0.620. The predicted octanol–water partition coefficient (Wildman–Crippen LogP) is 2.23. The molecule has 1 aromatic carbocycles. The van der Waals surface area contributed by atoms with Crippen molar-refractivity contribution < 1.29 is 8.42 Å². The van der Waals surface area contributed by atoms with E-state index in [1.807, 2.05) is 19.9 Å². The molecule has 1 aromatic rings. The Morgan fingerprint density at radius 1 is 1.25 bits per heavy atom. The molecule has 0 spiro atoms. The highest BCUT2D eigenvalue weighted by atomic mass is 35.5. The number of nitrogens with two attached hydrogens (primary N) is 1. The van der Waals surface area contributed by atoms with E-state index in [-0.39, 0.29) is 18.4 Å². The van der Waals surface area contributed by atoms with Crippen LogP contribution < -0.4 is 5.73 Å². The highest BCUT2D eigenvalue weighted by molar-refractivity contribution is 7.89. The lowest BCUT2D eigenvalue weighted by molar-refractivity contribution is 0.257. The van der Waals surface area contributed by atoms with E-state index in [2.05, 4.69) is 0 Å². The number of nitrogens with zero attached hydrogens (tertiary/aromatic N) is 1. The van der Waals surface area contributed by atoms with Gasteiger partial charge in [0, 0.05) is 19.1 Å². The molecule has 4 nitrogen and oxygen atoms in total. The summed E-state index contributed by atoms with van der Waals surface area (Å²) in [5.74, 6) is 0. The van der Waals surface area contributed by atoms with Crippen molar-refractivity contribution >= 4 is 22.4 Å². The van der Waals surface area contributed by atoms with Gasteiger partial charge in [0.25, 0.3) is 0 Å². The van der Waals surface area contributed by atoms with Crippen LogP contribution in [0.5, 0.6) is 0 Å². The van der Waals surface area contributed by atoms with Crippen molar-refractivity contribution in [1.82, 2.24) is 4.31 Å². The largest absolute Gasteiger partial charge is 0.329 e. The third-order valence-electron chi connectivity index (χ3n) is 3.93. The van der Waals surface area contributed by atoms with Crippen LogP contribution in [0, 0.1) is 13.8 Å². The van der Waals surface area contributed by atoms with E-state index in [1.54, 1.807) is 16.4 Å². The maximum atomic E-state index is 12.7. The molecule has 1 heterocycles. The predicted molar refractivity (Wildman–Crippen MR) is 83.7 cm³/mol. The van der Waals surface area contributed by atoms with Gasteiger partial charge in [-0.2, -0.15) is 4.31 Å². The van der Waals surface area contributed by atoms with Gasteiger partial charge >= 0.3 is 0 Å². The van der Waals surface area contributed by atoms with Crippen molar-refractivity contribution in [1.29, 1.82) is 0 Å². The number of hydrogen-bond donors (Lipinski definition) is 1. The summed E-state index contributed by atoms with van der Waals surface area (Å²) < 4.78 is 27.0. The van der Waals surface area contributed by atoms with Gasteiger partial charge in [0.2, 0.25) is 10.0 Å². The third kappa shape index (κ3) is 3.34. The fourth-order valence-corrected chi connectivity index (χ4v) is 4.33. The molecule has 0 amide bonds. The monoisotopic (exact) mass is 318 g/mol. The summed E-state index contributed by atoms with van der Waals surface area (Å²) in [5.41, 5.74) is 7.82. The lowest BCUT2D eigenvalue weighted by atomic mass is 10.1. The first-order valence-corrected chi connectivity index (χ1v) is 8.20. The number of halogens is 1. The van der Waals surface area contributed by atoms with Crippen LogP contribution >= 0.6 is 12.4 Å². The van der Waals surface area contributed by atoms with Crippen molar-refractivity contribution in [3.8, 4) is 0 Å². The first-order chi connectivity index (χ1) is 8.96. The van der Waals surface area contributed by atoms with Gasteiger partial charge < -0.3 is 5.73 Å². The zero-order valence-electron chi connectivity index (χ0n) is 12.0. The van der Waals surface area contributed by atoms with Crippen LogP contribution in [0.3, 0.4) is 0 Å². The molecule has 0 saturated carbocycles. The van der Waals surface area contributed by atoms with Gasteiger partial charge in [-0.15, -0.1) is 12.4 Å². The SMILES string of the molecule is Cc1ccc(S(=O)(=O)N2CCCCC2CN)cc1C.Cl. The van der Waals surface area contributed by atoms with Crippen molar-refractivity contribution in [3.05, 3.63) is 29.3 Å². The van der Waals surface area contributed by atoms with Gasteiger partial charge in [0.05, 0.1) is 4.90 Å². The second-order valence-electron chi connectivity index (χ2n) is 5.25. The normalized spacial score (nSPS) is 20.4. The zero-order valence-corrected chi connectivity index (χ0v) is 13.6. The average Bonchev–Trinajstić information content (AvgIpc) is 2.41. The van der Waals surface area contributed by atoms with Gasteiger partial charge in [0.15, 0.2) is 0 Å². The molecule has 0 radical (unpaired) electrons. The molecular weight excluding hydrogens is 296 g/mol. The van der Waals surface area contributed by atoms with Gasteiger partial charge in [-0.25, -0.2) is 8.42 Å². The van der Waals surface area contributed by atoms with Crippen molar-refractivity contribution in [2.45, 2.75) is 44.0 Å². The molecule has 1 unspecified atom stereocenters. The summed E-state index contributed by atoms with van der Waals surface area (Å²) in [7, 11) is -3.41. The third-order valence-corrected chi connectivity index (χ3v) is 5.88. The fourth-order valence-electron chi connectivity index (χ4n) is 2.54. The van der Waals surface area contributed by atoms with E-state index in [0.717, 1.165) is 30.4 Å². The molecule has 1 aliphatic rings.